The van der Waals surface area contributed by atoms with Crippen molar-refractivity contribution in [2.24, 2.45) is 16.5 Å². The third kappa shape index (κ3) is 17.6. The van der Waals surface area contributed by atoms with E-state index in [0.717, 1.165) is 96.4 Å². The Hall–Kier alpha value is -3.05. The highest BCUT2D eigenvalue weighted by molar-refractivity contribution is 6.00. The summed E-state index contributed by atoms with van der Waals surface area (Å²) < 4.78 is 15.4. The van der Waals surface area contributed by atoms with Gasteiger partial charge in [0.1, 0.15) is 18.7 Å². The fraction of sp³-hybridized carbons (Fsp3) is 0.600. The number of aliphatic hydroxyl groups excluding tert-OH is 2. The summed E-state index contributed by atoms with van der Waals surface area (Å²) in [6.45, 7) is 27.2. The number of piperidine rings is 1. The monoisotopic (exact) mass is 659 g/mol. The number of halogens is 1. The number of rotatable bonds is 13. The minimum Gasteiger partial charge on any atom is -0.400 e. The zero-order valence-corrected chi connectivity index (χ0v) is 31.4. The van der Waals surface area contributed by atoms with Gasteiger partial charge in [0.25, 0.3) is 0 Å². The number of nitrogens with zero attached hydrogens (tertiary/aromatic N) is 2. The lowest BCUT2D eigenvalue weighted by molar-refractivity contribution is -0.106. The molecule has 0 aromatic rings. The van der Waals surface area contributed by atoms with E-state index in [1.165, 1.54) is 12.5 Å². The molecule has 1 saturated heterocycles. The second-order valence-corrected chi connectivity index (χ2v) is 11.1. The molecule has 1 spiro atoms. The molecule has 0 amide bonds. The van der Waals surface area contributed by atoms with Crippen LogP contribution in [-0.4, -0.2) is 67.6 Å². The first-order valence-electron chi connectivity index (χ1n) is 17.1. The Bertz CT molecular complexity index is 1080. The van der Waals surface area contributed by atoms with E-state index in [0.29, 0.717) is 29.7 Å². The number of carbonyl (C=O) groups excluding carboxylic acids is 1. The van der Waals surface area contributed by atoms with Crippen molar-refractivity contribution >= 4 is 12.0 Å². The van der Waals surface area contributed by atoms with Gasteiger partial charge in [0.2, 0.25) is 0 Å². The van der Waals surface area contributed by atoms with Crippen LogP contribution in [0.1, 0.15) is 107 Å². The molecule has 1 atom stereocenters. The Morgan fingerprint density at radius 2 is 1.74 bits per heavy atom. The van der Waals surface area contributed by atoms with Crippen molar-refractivity contribution < 1.29 is 24.2 Å². The van der Waals surface area contributed by atoms with Crippen molar-refractivity contribution in [1.82, 2.24) is 4.90 Å². The number of allylic oxidation sites excluding steroid dienone is 9. The van der Waals surface area contributed by atoms with Gasteiger partial charge in [0.15, 0.2) is 0 Å². The van der Waals surface area contributed by atoms with Crippen LogP contribution in [0, 0.1) is 23.7 Å². The summed E-state index contributed by atoms with van der Waals surface area (Å²) in [6.07, 6.45) is 22.7. The average Bonchev–Trinajstić information content (AvgIpc) is 3.11. The molecule has 2 N–H and O–H groups in total. The molecule has 2 aliphatic rings. The quantitative estimate of drug-likeness (QED) is 0.0892. The molecule has 0 aromatic heterocycles. The number of oxime groups is 1. The molecule has 2 rings (SSSR count). The van der Waals surface area contributed by atoms with Gasteiger partial charge in [-0.2, -0.15) is 0 Å². The summed E-state index contributed by atoms with van der Waals surface area (Å²) in [5.41, 5.74) is 5.13. The zero-order valence-electron chi connectivity index (χ0n) is 31.4. The minimum absolute atomic E-state index is 0.0252. The number of likely N-dealkylation sites (tertiary alicyclic amines) is 1. The lowest BCUT2D eigenvalue weighted by Crippen LogP contribution is -2.46. The van der Waals surface area contributed by atoms with Gasteiger partial charge < -0.3 is 24.7 Å². The molecule has 7 heteroatoms. The number of carbonyl (C=O) groups is 1. The van der Waals surface area contributed by atoms with E-state index >= 15 is 4.39 Å². The van der Waals surface area contributed by atoms with Crippen molar-refractivity contribution in [1.29, 1.82) is 0 Å². The number of hydrogen-bond donors (Lipinski definition) is 2. The summed E-state index contributed by atoms with van der Waals surface area (Å²) >= 11 is 0. The molecular formula is C40H67FN2O4. The van der Waals surface area contributed by atoms with Gasteiger partial charge in [0.05, 0.1) is 11.3 Å². The maximum Gasteiger partial charge on any atom is 0.141 e. The van der Waals surface area contributed by atoms with Crippen LogP contribution >= 0.6 is 0 Å². The van der Waals surface area contributed by atoms with Gasteiger partial charge in [0, 0.05) is 38.5 Å². The van der Waals surface area contributed by atoms with Crippen molar-refractivity contribution in [3.05, 3.63) is 71.2 Å². The molecule has 1 unspecified atom stereocenters. The van der Waals surface area contributed by atoms with Gasteiger partial charge >= 0.3 is 0 Å². The van der Waals surface area contributed by atoms with Crippen molar-refractivity contribution in [2.45, 2.75) is 107 Å². The molecule has 0 saturated carbocycles. The summed E-state index contributed by atoms with van der Waals surface area (Å²) in [5.74, 6) is 2.31. The van der Waals surface area contributed by atoms with E-state index in [1.807, 2.05) is 33.8 Å². The van der Waals surface area contributed by atoms with Gasteiger partial charge in [-0.25, -0.2) is 4.39 Å². The smallest absolute Gasteiger partial charge is 0.141 e. The topological polar surface area (TPSA) is 82.4 Å². The standard InChI is InChI=1S/C34H49FN2O.C2H4O.C2H6.2CH4O/c1-9-14-15-18-29(16-10-2)32-23-34(25-38-36-32)19-21-37(22-20-34)24-30(17-11-3)28(8)31(13-5)33(35)27(7)26(6)12-4;1-2-3;3*1-2/h5,11,14-15,18,30H,3,8-10,12,16-17,19-25H2,1-2,4,6-7H3;2H,1H3;1-2H3;2*2H,1H3/b15-14-,27-26-,29-18+,33-31-;;;;. The minimum atomic E-state index is -0.320. The van der Waals surface area contributed by atoms with Crippen molar-refractivity contribution in [3.8, 4) is 12.3 Å². The predicted octanol–water partition coefficient (Wildman–Crippen LogP) is 9.34. The van der Waals surface area contributed by atoms with Gasteiger partial charge in [-0.3, -0.25) is 0 Å². The fourth-order valence-corrected chi connectivity index (χ4v) is 5.28. The summed E-state index contributed by atoms with van der Waals surface area (Å²) in [7, 11) is 2.00. The maximum absolute atomic E-state index is 15.4. The van der Waals surface area contributed by atoms with E-state index in [1.54, 1.807) is 6.92 Å². The third-order valence-corrected chi connectivity index (χ3v) is 8.17. The lowest BCUT2D eigenvalue weighted by atomic mass is 9.73. The predicted molar refractivity (Wildman–Crippen MR) is 201 cm³/mol. The molecule has 0 radical (unpaired) electrons. The van der Waals surface area contributed by atoms with Crippen molar-refractivity contribution in [3.63, 3.8) is 0 Å². The summed E-state index contributed by atoms with van der Waals surface area (Å²) in [6, 6.07) is 0. The van der Waals surface area contributed by atoms with Crippen LogP contribution in [0.2, 0.25) is 0 Å². The Labute approximate surface area is 287 Å². The van der Waals surface area contributed by atoms with Crippen LogP contribution in [0.4, 0.5) is 4.39 Å². The molecule has 0 aromatic carbocycles. The molecule has 6 nitrogen and oxygen atoms in total. The second-order valence-electron chi connectivity index (χ2n) is 11.1. The highest BCUT2D eigenvalue weighted by Gasteiger charge is 2.40. The SMILES string of the molecule is C#C/C(C(=C)C(CC=C)CN1CCC2(CC1)CON=C(/C(=C/C=C\CC)CCC)C2)=C(F)\C(C)=C(\C)CC.CC.CC=O.CO.CO. The lowest BCUT2D eigenvalue weighted by Gasteiger charge is -2.43. The molecular weight excluding hydrogens is 591 g/mol. The van der Waals surface area contributed by atoms with Gasteiger partial charge in [-0.05, 0) is 89.1 Å². The fourth-order valence-electron chi connectivity index (χ4n) is 5.28. The Morgan fingerprint density at radius 1 is 1.17 bits per heavy atom. The maximum atomic E-state index is 15.4. The van der Waals surface area contributed by atoms with Crippen molar-refractivity contribution in [2.75, 3.05) is 40.5 Å². The normalized spacial score (nSPS) is 17.0. The average molecular weight is 659 g/mol. The van der Waals surface area contributed by atoms with Crippen LogP contribution in [-0.2, 0) is 9.63 Å². The molecule has 268 valence electrons. The van der Waals surface area contributed by atoms with Gasteiger partial charge in [-0.15, -0.1) is 13.0 Å². The molecule has 0 aliphatic carbocycles. The first kappa shape index (κ1) is 48.3. The number of terminal acetylenes is 1. The third-order valence-electron chi connectivity index (χ3n) is 8.17. The van der Waals surface area contributed by atoms with Crippen LogP contribution in [0.15, 0.2) is 76.3 Å². The second kappa shape index (κ2) is 30.3. The first-order valence-corrected chi connectivity index (χ1v) is 17.1. The van der Waals surface area contributed by atoms with E-state index in [-0.39, 0.29) is 17.2 Å². The Balaban J connectivity index is -0.00000196. The number of hydrogen-bond acceptors (Lipinski definition) is 6. The van der Waals surface area contributed by atoms with E-state index in [2.05, 4.69) is 61.2 Å². The van der Waals surface area contributed by atoms with Crippen LogP contribution in [0.25, 0.3) is 0 Å². The number of aliphatic hydroxyl groups is 2. The van der Waals surface area contributed by atoms with Crippen LogP contribution < -0.4 is 0 Å². The molecule has 2 heterocycles. The van der Waals surface area contributed by atoms with E-state index in [9.17, 15) is 0 Å². The van der Waals surface area contributed by atoms with E-state index in [4.69, 9.17) is 26.3 Å². The number of aldehydes is 1. The first-order chi connectivity index (χ1) is 22.7. The Morgan fingerprint density at radius 3 is 2.21 bits per heavy atom. The zero-order chi connectivity index (χ0) is 36.8. The Kier molecular flexibility index (Phi) is 31.2. The highest BCUT2D eigenvalue weighted by Crippen LogP contribution is 2.40. The molecule has 2 aliphatic heterocycles. The summed E-state index contributed by atoms with van der Waals surface area (Å²) in [5, 5.41) is 18.5. The van der Waals surface area contributed by atoms with E-state index < -0.39 is 0 Å². The van der Waals surface area contributed by atoms with Gasteiger partial charge in [-0.1, -0.05) is 88.6 Å². The summed E-state index contributed by atoms with van der Waals surface area (Å²) in [4.78, 5) is 17.1. The van der Waals surface area contributed by atoms with Crippen LogP contribution in [0.5, 0.6) is 0 Å². The molecule has 47 heavy (non-hydrogen) atoms. The molecule has 1 fully saturated rings. The highest BCUT2D eigenvalue weighted by atomic mass is 19.1. The van der Waals surface area contributed by atoms with Crippen LogP contribution in [0.3, 0.4) is 0 Å². The molecule has 0 bridgehead atoms. The largest absolute Gasteiger partial charge is 0.400 e.